The molecule has 2 nitrogen and oxygen atoms in total. The van der Waals surface area contributed by atoms with E-state index in [9.17, 15) is 9.90 Å². The van der Waals surface area contributed by atoms with Crippen molar-refractivity contribution in [3.63, 3.8) is 0 Å². The summed E-state index contributed by atoms with van der Waals surface area (Å²) in [5, 5.41) is 10.3. The van der Waals surface area contributed by atoms with Crippen LogP contribution >= 0.6 is 15.9 Å². The second-order valence-corrected chi connectivity index (χ2v) is 5.56. The van der Waals surface area contributed by atoms with Crippen LogP contribution in [0.15, 0.2) is 12.1 Å². The summed E-state index contributed by atoms with van der Waals surface area (Å²) in [4.78, 5) is 11.6. The molecule has 0 aromatic heterocycles. The lowest BCUT2D eigenvalue weighted by molar-refractivity contribution is 0.102. The number of halogens is 1. The number of hydrogen-bond acceptors (Lipinski definition) is 2. The first kappa shape index (κ1) is 13.2. The highest BCUT2D eigenvalue weighted by molar-refractivity contribution is 9.09. The normalized spacial score (nSPS) is 11.6. The molecule has 1 N–H and O–H groups in total. The van der Waals surface area contributed by atoms with Crippen LogP contribution in [0.4, 0.5) is 0 Å². The Hall–Kier alpha value is -0.830. The number of rotatable bonds is 2. The van der Waals surface area contributed by atoms with Gasteiger partial charge < -0.3 is 5.11 Å². The van der Waals surface area contributed by atoms with Gasteiger partial charge in [0.25, 0.3) is 0 Å². The smallest absolute Gasteiger partial charge is 0.173 e. The Balaban J connectivity index is 3.39. The lowest BCUT2D eigenvalue weighted by Crippen LogP contribution is -2.14. The van der Waals surface area contributed by atoms with Gasteiger partial charge in [-0.05, 0) is 30.0 Å². The lowest BCUT2D eigenvalue weighted by Gasteiger charge is -2.22. The SMILES string of the molecule is Cc1cc(C(=O)CBr)cc(C(C)(C)C)c1O. The number of aryl methyl sites for hydroxylation is 1. The summed E-state index contributed by atoms with van der Waals surface area (Å²) in [6.07, 6.45) is 0. The number of carbonyl (C=O) groups is 1. The topological polar surface area (TPSA) is 37.3 Å². The number of phenolic OH excluding ortho intramolecular Hbond substituents is 1. The summed E-state index contributed by atoms with van der Waals surface area (Å²) in [7, 11) is 0. The van der Waals surface area contributed by atoms with Gasteiger partial charge in [-0.15, -0.1) is 0 Å². The maximum absolute atomic E-state index is 11.6. The van der Waals surface area contributed by atoms with Gasteiger partial charge in [0.15, 0.2) is 5.78 Å². The van der Waals surface area contributed by atoms with Crippen molar-refractivity contribution in [1.29, 1.82) is 0 Å². The fraction of sp³-hybridized carbons (Fsp3) is 0.462. The van der Waals surface area contributed by atoms with E-state index in [2.05, 4.69) is 15.9 Å². The zero-order valence-electron chi connectivity index (χ0n) is 10.1. The van der Waals surface area contributed by atoms with E-state index < -0.39 is 0 Å². The quantitative estimate of drug-likeness (QED) is 0.666. The Bertz CT molecular complexity index is 417. The Labute approximate surface area is 105 Å². The van der Waals surface area contributed by atoms with Gasteiger partial charge in [0.2, 0.25) is 0 Å². The first-order valence-corrected chi connectivity index (χ1v) is 6.32. The summed E-state index contributed by atoms with van der Waals surface area (Å²) in [5.41, 5.74) is 2.04. The minimum atomic E-state index is -0.169. The molecule has 0 fully saturated rings. The second-order valence-electron chi connectivity index (χ2n) is 5.00. The van der Waals surface area contributed by atoms with Crippen molar-refractivity contribution >= 4 is 21.7 Å². The molecule has 16 heavy (non-hydrogen) atoms. The third-order valence-electron chi connectivity index (χ3n) is 2.55. The average Bonchev–Trinajstić information content (AvgIpc) is 2.18. The summed E-state index contributed by atoms with van der Waals surface area (Å²) >= 11 is 3.16. The molecule has 88 valence electrons. The van der Waals surface area contributed by atoms with Gasteiger partial charge in [-0.3, -0.25) is 4.79 Å². The number of alkyl halides is 1. The van der Waals surface area contributed by atoms with E-state index in [1.165, 1.54) is 0 Å². The first-order valence-electron chi connectivity index (χ1n) is 5.20. The Morgan fingerprint density at radius 2 is 1.94 bits per heavy atom. The highest BCUT2D eigenvalue weighted by atomic mass is 79.9. The van der Waals surface area contributed by atoms with Gasteiger partial charge in [0.05, 0.1) is 5.33 Å². The molecule has 1 rings (SSSR count). The van der Waals surface area contributed by atoms with Crippen molar-refractivity contribution < 1.29 is 9.90 Å². The van der Waals surface area contributed by atoms with E-state index in [0.29, 0.717) is 16.6 Å². The van der Waals surface area contributed by atoms with Gasteiger partial charge in [-0.25, -0.2) is 0 Å². The minimum Gasteiger partial charge on any atom is -0.507 e. The van der Waals surface area contributed by atoms with Crippen molar-refractivity contribution in [2.45, 2.75) is 33.1 Å². The van der Waals surface area contributed by atoms with Crippen LogP contribution in [0, 0.1) is 6.92 Å². The maximum Gasteiger partial charge on any atom is 0.173 e. The fourth-order valence-corrected chi connectivity index (χ4v) is 1.91. The number of Topliss-reactive ketones (excluding diaryl/α,β-unsaturated/α-hetero) is 1. The van der Waals surface area contributed by atoms with Crippen LogP contribution in [0.3, 0.4) is 0 Å². The molecular formula is C13H17BrO2. The molecule has 1 aromatic carbocycles. The summed E-state index contributed by atoms with van der Waals surface area (Å²) < 4.78 is 0. The molecule has 0 aliphatic heterocycles. The van der Waals surface area contributed by atoms with Crippen LogP contribution in [0.5, 0.6) is 5.75 Å². The highest BCUT2D eigenvalue weighted by Gasteiger charge is 2.21. The molecule has 0 aliphatic carbocycles. The molecule has 0 atom stereocenters. The van der Waals surface area contributed by atoms with Crippen LogP contribution < -0.4 is 0 Å². The van der Waals surface area contributed by atoms with Crippen LogP contribution in [-0.2, 0) is 5.41 Å². The van der Waals surface area contributed by atoms with Gasteiger partial charge in [-0.2, -0.15) is 0 Å². The molecule has 1 aromatic rings. The van der Waals surface area contributed by atoms with Crippen molar-refractivity contribution in [1.82, 2.24) is 0 Å². The Morgan fingerprint density at radius 1 is 1.38 bits per heavy atom. The minimum absolute atomic E-state index is 0.0357. The third kappa shape index (κ3) is 2.64. The summed E-state index contributed by atoms with van der Waals surface area (Å²) in [6.45, 7) is 7.87. The van der Waals surface area contributed by atoms with Crippen molar-refractivity contribution in [2.24, 2.45) is 0 Å². The number of carbonyl (C=O) groups excluding carboxylic acids is 1. The number of hydrogen-bond donors (Lipinski definition) is 1. The van der Waals surface area contributed by atoms with Gasteiger partial charge in [-0.1, -0.05) is 36.7 Å². The van der Waals surface area contributed by atoms with Crippen LogP contribution in [0.2, 0.25) is 0 Å². The van der Waals surface area contributed by atoms with E-state index >= 15 is 0 Å². The van der Waals surface area contributed by atoms with Crippen LogP contribution in [0.1, 0.15) is 42.3 Å². The largest absolute Gasteiger partial charge is 0.507 e. The summed E-state index contributed by atoms with van der Waals surface area (Å²) in [5.74, 6) is 0.326. The van der Waals surface area contributed by atoms with E-state index in [1.54, 1.807) is 12.1 Å². The molecule has 0 saturated heterocycles. The monoisotopic (exact) mass is 284 g/mol. The molecule has 0 bridgehead atoms. The standard InChI is InChI=1S/C13H17BrO2/c1-8-5-9(11(15)7-14)6-10(12(8)16)13(2,3)4/h5-6,16H,7H2,1-4H3. The van der Waals surface area contributed by atoms with Crippen molar-refractivity contribution in [2.75, 3.05) is 5.33 Å². The molecule has 0 saturated carbocycles. The fourth-order valence-electron chi connectivity index (χ4n) is 1.59. The van der Waals surface area contributed by atoms with Crippen molar-refractivity contribution in [3.8, 4) is 5.75 Å². The molecule has 0 heterocycles. The third-order valence-corrected chi connectivity index (χ3v) is 3.06. The van der Waals surface area contributed by atoms with E-state index in [4.69, 9.17) is 0 Å². The summed E-state index contributed by atoms with van der Waals surface area (Å²) in [6, 6.07) is 3.51. The van der Waals surface area contributed by atoms with Crippen molar-refractivity contribution in [3.05, 3.63) is 28.8 Å². The molecule has 0 aliphatic rings. The zero-order chi connectivity index (χ0) is 12.5. The Kier molecular flexibility index (Phi) is 3.79. The van der Waals surface area contributed by atoms with Crippen LogP contribution in [0.25, 0.3) is 0 Å². The first-order chi connectivity index (χ1) is 7.27. The van der Waals surface area contributed by atoms with E-state index in [0.717, 1.165) is 11.1 Å². The average molecular weight is 285 g/mol. The molecule has 0 radical (unpaired) electrons. The van der Waals surface area contributed by atoms with Gasteiger partial charge in [0, 0.05) is 11.1 Å². The predicted octanol–water partition coefficient (Wildman–Crippen LogP) is 3.58. The van der Waals surface area contributed by atoms with E-state index in [-0.39, 0.29) is 11.2 Å². The molecule has 3 heteroatoms. The zero-order valence-corrected chi connectivity index (χ0v) is 11.7. The second kappa shape index (κ2) is 4.58. The van der Waals surface area contributed by atoms with Gasteiger partial charge >= 0.3 is 0 Å². The molecule has 0 spiro atoms. The number of phenols is 1. The van der Waals surface area contributed by atoms with E-state index in [1.807, 2.05) is 27.7 Å². The molecule has 0 unspecified atom stereocenters. The highest BCUT2D eigenvalue weighted by Crippen LogP contribution is 2.34. The molecular weight excluding hydrogens is 268 g/mol. The number of aromatic hydroxyl groups is 1. The maximum atomic E-state index is 11.6. The Morgan fingerprint density at radius 3 is 2.38 bits per heavy atom. The van der Waals surface area contributed by atoms with Crippen LogP contribution in [-0.4, -0.2) is 16.2 Å². The lowest BCUT2D eigenvalue weighted by atomic mass is 9.84. The van der Waals surface area contributed by atoms with Gasteiger partial charge in [0.1, 0.15) is 5.75 Å². The molecule has 0 amide bonds. The number of ketones is 1. The predicted molar refractivity (Wildman–Crippen MR) is 69.7 cm³/mol. The number of benzene rings is 1.